The number of hydrogen-bond donors (Lipinski definition) is 2. The van der Waals surface area contributed by atoms with Gasteiger partial charge in [0.2, 0.25) is 5.91 Å². The highest BCUT2D eigenvalue weighted by Crippen LogP contribution is 2.38. The smallest absolute Gasteiger partial charge is 0.240 e. The summed E-state index contributed by atoms with van der Waals surface area (Å²) in [6.45, 7) is 3.02. The van der Waals surface area contributed by atoms with Crippen LogP contribution in [0.3, 0.4) is 0 Å². The first-order valence-corrected chi connectivity index (χ1v) is 5.27. The van der Waals surface area contributed by atoms with Crippen molar-refractivity contribution in [1.29, 1.82) is 0 Å². The molecule has 1 rings (SSSR count). The Hall–Kier alpha value is -0.610. The standard InChI is InChI=1S/C10H20N2O2/c1-2-3-6-14-7-10(12,9(11)13)8-4-5-8/h8H,2-7,12H2,1H3,(H2,11,13). The summed E-state index contributed by atoms with van der Waals surface area (Å²) in [5, 5.41) is 0. The fraction of sp³-hybridized carbons (Fsp3) is 0.900. The summed E-state index contributed by atoms with van der Waals surface area (Å²) >= 11 is 0. The zero-order valence-electron chi connectivity index (χ0n) is 8.79. The van der Waals surface area contributed by atoms with Gasteiger partial charge >= 0.3 is 0 Å². The topological polar surface area (TPSA) is 78.3 Å². The van der Waals surface area contributed by atoms with E-state index in [-0.39, 0.29) is 12.5 Å². The molecule has 0 aromatic carbocycles. The average Bonchev–Trinajstić information content (AvgIpc) is 2.95. The molecule has 1 amide bonds. The van der Waals surface area contributed by atoms with Gasteiger partial charge in [-0.15, -0.1) is 0 Å². The van der Waals surface area contributed by atoms with E-state index in [1.54, 1.807) is 0 Å². The minimum atomic E-state index is -0.923. The van der Waals surface area contributed by atoms with Gasteiger partial charge in [0.15, 0.2) is 0 Å². The molecular formula is C10H20N2O2. The molecule has 14 heavy (non-hydrogen) atoms. The number of primary amides is 1. The van der Waals surface area contributed by atoms with Gasteiger partial charge in [-0.3, -0.25) is 4.79 Å². The molecule has 0 bridgehead atoms. The third kappa shape index (κ3) is 2.69. The van der Waals surface area contributed by atoms with Gasteiger partial charge in [0.05, 0.1) is 6.61 Å². The Bertz CT molecular complexity index is 204. The SMILES string of the molecule is CCCCOCC(N)(C(N)=O)C1CC1. The van der Waals surface area contributed by atoms with Crippen LogP contribution in [0.25, 0.3) is 0 Å². The number of unbranched alkanes of at least 4 members (excludes halogenated alkanes) is 1. The first-order chi connectivity index (χ1) is 6.61. The minimum Gasteiger partial charge on any atom is -0.379 e. The monoisotopic (exact) mass is 200 g/mol. The van der Waals surface area contributed by atoms with Crippen molar-refractivity contribution in [2.75, 3.05) is 13.2 Å². The second kappa shape index (κ2) is 4.75. The molecule has 0 aliphatic heterocycles. The Labute approximate surface area is 85.0 Å². The molecule has 1 aliphatic carbocycles. The molecule has 0 aromatic rings. The number of nitrogens with two attached hydrogens (primary N) is 2. The Morgan fingerprint density at radius 3 is 2.64 bits per heavy atom. The lowest BCUT2D eigenvalue weighted by Crippen LogP contribution is -2.57. The van der Waals surface area contributed by atoms with E-state index in [4.69, 9.17) is 16.2 Å². The summed E-state index contributed by atoms with van der Waals surface area (Å²) in [4.78, 5) is 11.2. The van der Waals surface area contributed by atoms with Crippen LogP contribution in [0.4, 0.5) is 0 Å². The quantitative estimate of drug-likeness (QED) is 0.584. The molecular weight excluding hydrogens is 180 g/mol. The fourth-order valence-electron chi connectivity index (χ4n) is 1.48. The van der Waals surface area contributed by atoms with Crippen molar-refractivity contribution in [3.63, 3.8) is 0 Å². The lowest BCUT2D eigenvalue weighted by Gasteiger charge is -2.25. The van der Waals surface area contributed by atoms with Crippen molar-refractivity contribution in [2.45, 2.75) is 38.1 Å². The maximum Gasteiger partial charge on any atom is 0.240 e. The second-order valence-corrected chi connectivity index (χ2v) is 4.09. The summed E-state index contributed by atoms with van der Waals surface area (Å²) < 4.78 is 5.38. The summed E-state index contributed by atoms with van der Waals surface area (Å²) in [5.74, 6) is -0.196. The van der Waals surface area contributed by atoms with Crippen LogP contribution in [0.1, 0.15) is 32.6 Å². The Kier molecular flexibility index (Phi) is 3.89. The lowest BCUT2D eigenvalue weighted by molar-refractivity contribution is -0.126. The highest BCUT2D eigenvalue weighted by molar-refractivity contribution is 5.85. The van der Waals surface area contributed by atoms with E-state index >= 15 is 0 Å². The third-order valence-corrected chi connectivity index (χ3v) is 2.75. The maximum absolute atomic E-state index is 11.2. The van der Waals surface area contributed by atoms with Gasteiger partial charge in [-0.05, 0) is 25.2 Å². The number of rotatable bonds is 7. The molecule has 0 aromatic heterocycles. The molecule has 4 nitrogen and oxygen atoms in total. The lowest BCUT2D eigenvalue weighted by atomic mass is 9.95. The molecule has 4 heteroatoms. The van der Waals surface area contributed by atoms with Crippen LogP contribution in [0, 0.1) is 5.92 Å². The van der Waals surface area contributed by atoms with E-state index in [1.165, 1.54) is 0 Å². The summed E-state index contributed by atoms with van der Waals surface area (Å²) in [6, 6.07) is 0. The van der Waals surface area contributed by atoms with Gasteiger partial charge in [-0.1, -0.05) is 13.3 Å². The zero-order valence-corrected chi connectivity index (χ0v) is 8.79. The van der Waals surface area contributed by atoms with E-state index in [1.807, 2.05) is 0 Å². The third-order valence-electron chi connectivity index (χ3n) is 2.75. The number of hydrogen-bond acceptors (Lipinski definition) is 3. The largest absolute Gasteiger partial charge is 0.379 e. The van der Waals surface area contributed by atoms with Gasteiger partial charge in [0, 0.05) is 6.61 Å². The predicted octanol–water partition coefficient (Wildman–Crippen LogP) is 0.396. The van der Waals surface area contributed by atoms with Crippen LogP contribution in [0.5, 0.6) is 0 Å². The number of amides is 1. The van der Waals surface area contributed by atoms with Crippen LogP contribution >= 0.6 is 0 Å². The Morgan fingerprint density at radius 1 is 1.57 bits per heavy atom. The van der Waals surface area contributed by atoms with Crippen LogP contribution < -0.4 is 11.5 Å². The molecule has 82 valence electrons. The molecule has 0 radical (unpaired) electrons. The second-order valence-electron chi connectivity index (χ2n) is 4.09. The van der Waals surface area contributed by atoms with Crippen LogP contribution in [0.2, 0.25) is 0 Å². The van der Waals surface area contributed by atoms with Gasteiger partial charge in [0.1, 0.15) is 5.54 Å². The Morgan fingerprint density at radius 2 is 2.21 bits per heavy atom. The molecule has 1 fully saturated rings. The zero-order chi connectivity index (χ0) is 10.6. The molecule has 4 N–H and O–H groups in total. The summed E-state index contributed by atoms with van der Waals surface area (Å²) in [6.07, 6.45) is 4.07. The van der Waals surface area contributed by atoms with E-state index in [2.05, 4.69) is 6.92 Å². The maximum atomic E-state index is 11.2. The van der Waals surface area contributed by atoms with Gasteiger partial charge in [-0.2, -0.15) is 0 Å². The summed E-state index contributed by atoms with van der Waals surface area (Å²) in [7, 11) is 0. The van der Waals surface area contributed by atoms with Crippen molar-refractivity contribution < 1.29 is 9.53 Å². The van der Waals surface area contributed by atoms with Crippen LogP contribution in [-0.2, 0) is 9.53 Å². The Balaban J connectivity index is 2.32. The van der Waals surface area contributed by atoms with Gasteiger partial charge in [0.25, 0.3) is 0 Å². The molecule has 1 aliphatic rings. The van der Waals surface area contributed by atoms with Crippen LogP contribution in [0.15, 0.2) is 0 Å². The van der Waals surface area contributed by atoms with E-state index < -0.39 is 11.4 Å². The van der Waals surface area contributed by atoms with E-state index in [0.29, 0.717) is 6.61 Å². The van der Waals surface area contributed by atoms with Crippen molar-refractivity contribution >= 4 is 5.91 Å². The molecule has 1 saturated carbocycles. The van der Waals surface area contributed by atoms with Crippen LogP contribution in [-0.4, -0.2) is 24.7 Å². The van der Waals surface area contributed by atoms with Gasteiger partial charge in [-0.25, -0.2) is 0 Å². The summed E-state index contributed by atoms with van der Waals surface area (Å²) in [5.41, 5.74) is 10.3. The highest BCUT2D eigenvalue weighted by atomic mass is 16.5. The van der Waals surface area contributed by atoms with Gasteiger partial charge < -0.3 is 16.2 Å². The fourth-order valence-corrected chi connectivity index (χ4v) is 1.48. The molecule has 1 atom stereocenters. The minimum absolute atomic E-state index is 0.238. The molecule has 1 unspecified atom stereocenters. The normalized spacial score (nSPS) is 20.4. The highest BCUT2D eigenvalue weighted by Gasteiger charge is 2.47. The number of ether oxygens (including phenoxy) is 1. The van der Waals surface area contributed by atoms with E-state index in [9.17, 15) is 4.79 Å². The van der Waals surface area contributed by atoms with E-state index in [0.717, 1.165) is 25.7 Å². The van der Waals surface area contributed by atoms with Crippen molar-refractivity contribution in [1.82, 2.24) is 0 Å². The van der Waals surface area contributed by atoms with Crippen molar-refractivity contribution in [2.24, 2.45) is 17.4 Å². The average molecular weight is 200 g/mol. The number of carbonyl (C=O) groups is 1. The predicted molar refractivity (Wildman–Crippen MR) is 54.6 cm³/mol. The first-order valence-electron chi connectivity index (χ1n) is 5.27. The molecule has 0 heterocycles. The van der Waals surface area contributed by atoms with Crippen molar-refractivity contribution in [3.8, 4) is 0 Å². The molecule has 0 spiro atoms. The molecule has 0 saturated heterocycles. The first kappa shape index (κ1) is 11.5. The van der Waals surface area contributed by atoms with Crippen molar-refractivity contribution in [3.05, 3.63) is 0 Å². The number of carbonyl (C=O) groups excluding carboxylic acids is 1.